The number of aryl methyl sites for hydroxylation is 1. The molecule has 0 saturated heterocycles. The minimum Gasteiger partial charge on any atom is -0.490 e. The number of aliphatic hydroxyl groups excluding tert-OH is 1. The first-order valence-corrected chi connectivity index (χ1v) is 16.4. The van der Waals surface area contributed by atoms with E-state index in [2.05, 4.69) is 23.1 Å². The second kappa shape index (κ2) is 12.1. The summed E-state index contributed by atoms with van der Waals surface area (Å²) < 4.78 is 18.5. The number of methoxy groups -OCH3 is 1. The molecule has 1 N–H and O–H groups in total. The van der Waals surface area contributed by atoms with Gasteiger partial charge in [-0.25, -0.2) is 4.79 Å². The highest BCUT2D eigenvalue weighted by Gasteiger charge is 2.45. The summed E-state index contributed by atoms with van der Waals surface area (Å²) in [6.07, 6.45) is 9.74. The number of benzene rings is 2. The predicted molar refractivity (Wildman–Crippen MR) is 170 cm³/mol. The standard InChI is InChI=1S/C36H46ClNO5/c1-35(2,3)43-34(40)25-8-12-32-31(19-25)38(20-26-7-10-29(26)33(41-4)27-16-23(17-27)13-15-39)21-36(22-42-32)14-5-6-24-18-28(37)9-11-30(24)36/h8-9,11-12,16,18-19,23,26,29,33,39H,5-7,10,13-15,17,20-22H2,1-4H3/t23-,26+,29-,33+,36+/m1/s1. The van der Waals surface area contributed by atoms with Crippen LogP contribution in [0.2, 0.25) is 5.02 Å². The van der Waals surface area contributed by atoms with E-state index in [1.165, 1.54) is 16.7 Å². The van der Waals surface area contributed by atoms with Gasteiger partial charge in [0.25, 0.3) is 0 Å². The number of carbonyl (C=O) groups excluding carboxylic acids is 1. The van der Waals surface area contributed by atoms with Gasteiger partial charge >= 0.3 is 5.97 Å². The second-order valence-corrected chi connectivity index (χ2v) is 14.6. The summed E-state index contributed by atoms with van der Waals surface area (Å²) in [5.74, 6) is 1.88. The Hall–Kier alpha value is -2.54. The number of ether oxygens (including phenoxy) is 3. The lowest BCUT2D eigenvalue weighted by Crippen LogP contribution is -2.50. The second-order valence-electron chi connectivity index (χ2n) is 14.2. The van der Waals surface area contributed by atoms with Gasteiger partial charge in [-0.15, -0.1) is 0 Å². The van der Waals surface area contributed by atoms with Crippen molar-refractivity contribution in [3.05, 3.63) is 69.8 Å². The molecule has 2 aromatic carbocycles. The van der Waals surface area contributed by atoms with Crippen molar-refractivity contribution in [3.63, 3.8) is 0 Å². The summed E-state index contributed by atoms with van der Waals surface area (Å²) >= 11 is 6.44. The number of halogens is 1. The van der Waals surface area contributed by atoms with Gasteiger partial charge in [0, 0.05) is 37.2 Å². The van der Waals surface area contributed by atoms with Crippen LogP contribution in [0.1, 0.15) is 80.8 Å². The Kier molecular flexibility index (Phi) is 8.58. The molecule has 6 nitrogen and oxygen atoms in total. The van der Waals surface area contributed by atoms with Crippen molar-refractivity contribution in [2.75, 3.05) is 38.3 Å². The van der Waals surface area contributed by atoms with Crippen molar-refractivity contribution in [3.8, 4) is 5.75 Å². The van der Waals surface area contributed by atoms with Gasteiger partial charge in [0.05, 0.1) is 24.0 Å². The van der Waals surface area contributed by atoms with Crippen molar-refractivity contribution < 1.29 is 24.1 Å². The van der Waals surface area contributed by atoms with Gasteiger partial charge < -0.3 is 24.2 Å². The number of allylic oxidation sites excluding steroid dienone is 1. The smallest absolute Gasteiger partial charge is 0.338 e. The number of anilines is 1. The number of nitrogens with zero attached hydrogens (tertiary/aromatic N) is 1. The Balaban J connectivity index is 1.33. The molecule has 1 saturated carbocycles. The van der Waals surface area contributed by atoms with Gasteiger partial charge in [-0.1, -0.05) is 23.7 Å². The van der Waals surface area contributed by atoms with E-state index in [0.717, 1.165) is 74.5 Å². The third kappa shape index (κ3) is 6.21. The number of hydrogen-bond donors (Lipinski definition) is 1. The van der Waals surface area contributed by atoms with E-state index in [4.69, 9.17) is 25.8 Å². The zero-order valence-corrected chi connectivity index (χ0v) is 26.8. The van der Waals surface area contributed by atoms with Gasteiger partial charge in [-0.3, -0.25) is 0 Å². The molecular formula is C36H46ClNO5. The third-order valence-corrected chi connectivity index (χ3v) is 10.3. The zero-order chi connectivity index (χ0) is 30.4. The molecule has 1 heterocycles. The highest BCUT2D eigenvalue weighted by Crippen LogP contribution is 2.48. The number of aliphatic hydroxyl groups is 1. The maximum Gasteiger partial charge on any atom is 0.338 e. The highest BCUT2D eigenvalue weighted by atomic mass is 35.5. The van der Waals surface area contributed by atoms with Crippen molar-refractivity contribution in [2.24, 2.45) is 17.8 Å². The molecule has 0 radical (unpaired) electrons. The molecule has 1 aliphatic heterocycles. The van der Waals surface area contributed by atoms with Crippen molar-refractivity contribution in [2.45, 2.75) is 82.8 Å². The van der Waals surface area contributed by atoms with E-state index >= 15 is 0 Å². The highest BCUT2D eigenvalue weighted by molar-refractivity contribution is 6.30. The summed E-state index contributed by atoms with van der Waals surface area (Å²) in [6, 6.07) is 12.1. The first-order chi connectivity index (χ1) is 20.6. The Bertz CT molecular complexity index is 1380. The van der Waals surface area contributed by atoms with Crippen LogP contribution >= 0.6 is 11.6 Å². The van der Waals surface area contributed by atoms with Gasteiger partial charge in [0.2, 0.25) is 0 Å². The largest absolute Gasteiger partial charge is 0.490 e. The Morgan fingerprint density at radius 2 is 2.02 bits per heavy atom. The molecule has 6 rings (SSSR count). The van der Waals surface area contributed by atoms with Crippen molar-refractivity contribution in [1.82, 2.24) is 0 Å². The Morgan fingerprint density at radius 1 is 1.21 bits per heavy atom. The molecule has 0 bridgehead atoms. The average Bonchev–Trinajstić information content (AvgIpc) is 3.07. The maximum atomic E-state index is 13.2. The average molecular weight is 608 g/mol. The molecule has 0 aromatic heterocycles. The van der Waals surface area contributed by atoms with Gasteiger partial charge in [0.15, 0.2) is 0 Å². The lowest BCUT2D eigenvalue weighted by atomic mass is 9.65. The molecule has 43 heavy (non-hydrogen) atoms. The van der Waals surface area contributed by atoms with E-state index in [0.29, 0.717) is 29.9 Å². The van der Waals surface area contributed by atoms with Gasteiger partial charge in [0.1, 0.15) is 11.4 Å². The fourth-order valence-corrected chi connectivity index (χ4v) is 8.01. The quantitative estimate of drug-likeness (QED) is 0.254. The molecule has 0 amide bonds. The zero-order valence-electron chi connectivity index (χ0n) is 26.0. The SMILES string of the molecule is CO[C@@H](C1=C[C@@H](CCO)C1)[C@@H]1CC[C@H]1CN1C[C@@]2(CCCc3cc(Cl)ccc32)COc2ccc(C(=O)OC(C)(C)C)cc21. The fourth-order valence-electron chi connectivity index (χ4n) is 7.82. The van der Waals surface area contributed by atoms with Crippen LogP contribution in [0.5, 0.6) is 5.75 Å². The summed E-state index contributed by atoms with van der Waals surface area (Å²) in [7, 11) is 1.83. The van der Waals surface area contributed by atoms with E-state index in [9.17, 15) is 9.90 Å². The van der Waals surface area contributed by atoms with E-state index in [1.807, 2.05) is 52.1 Å². The molecule has 4 aliphatic rings. The molecule has 7 heteroatoms. The van der Waals surface area contributed by atoms with E-state index in [1.54, 1.807) is 0 Å². The number of rotatable bonds is 8. The van der Waals surface area contributed by atoms with Crippen LogP contribution in [0, 0.1) is 17.8 Å². The number of fused-ring (bicyclic) bond motifs is 3. The molecule has 2 aromatic rings. The normalized spacial score (nSPS) is 27.1. The molecule has 0 unspecified atom stereocenters. The van der Waals surface area contributed by atoms with Crippen molar-refractivity contribution >= 4 is 23.3 Å². The van der Waals surface area contributed by atoms with Crippen LogP contribution in [0.3, 0.4) is 0 Å². The molecule has 232 valence electrons. The lowest BCUT2D eigenvalue weighted by molar-refractivity contribution is 0.000130. The van der Waals surface area contributed by atoms with Crippen molar-refractivity contribution in [1.29, 1.82) is 0 Å². The number of carbonyl (C=O) groups is 1. The van der Waals surface area contributed by atoms with Crippen LogP contribution in [-0.4, -0.2) is 56.2 Å². The number of hydrogen-bond acceptors (Lipinski definition) is 6. The summed E-state index contributed by atoms with van der Waals surface area (Å²) in [6.45, 7) is 8.19. The molecule has 3 aliphatic carbocycles. The number of esters is 1. The van der Waals surface area contributed by atoms with Crippen LogP contribution in [0.4, 0.5) is 5.69 Å². The molecule has 5 atom stereocenters. The summed E-state index contributed by atoms with van der Waals surface area (Å²) in [5, 5.41) is 10.1. The van der Waals surface area contributed by atoms with E-state index < -0.39 is 5.60 Å². The monoisotopic (exact) mass is 607 g/mol. The van der Waals surface area contributed by atoms with Crippen LogP contribution in [0.15, 0.2) is 48.0 Å². The van der Waals surface area contributed by atoms with Gasteiger partial charge in [-0.2, -0.15) is 0 Å². The molecule has 1 spiro atoms. The third-order valence-electron chi connectivity index (χ3n) is 10.1. The minimum absolute atomic E-state index is 0.121. The van der Waals surface area contributed by atoms with Crippen LogP contribution in [-0.2, 0) is 21.3 Å². The Morgan fingerprint density at radius 3 is 2.72 bits per heavy atom. The Labute approximate surface area is 261 Å². The first kappa shape index (κ1) is 30.5. The van der Waals surface area contributed by atoms with Crippen LogP contribution in [0.25, 0.3) is 0 Å². The topological polar surface area (TPSA) is 68.2 Å². The summed E-state index contributed by atoms with van der Waals surface area (Å²) in [5.41, 5.74) is 4.81. The van der Waals surface area contributed by atoms with E-state index in [-0.39, 0.29) is 24.1 Å². The molecular weight excluding hydrogens is 562 g/mol. The fraction of sp³-hybridized carbons (Fsp3) is 0.583. The predicted octanol–water partition coefficient (Wildman–Crippen LogP) is 7.14. The lowest BCUT2D eigenvalue weighted by Gasteiger charge is -2.47. The summed E-state index contributed by atoms with van der Waals surface area (Å²) in [4.78, 5) is 15.6. The minimum atomic E-state index is -0.572. The molecule has 1 fully saturated rings. The first-order valence-electron chi connectivity index (χ1n) is 16.0. The van der Waals surface area contributed by atoms with Gasteiger partial charge in [-0.05, 0) is 131 Å². The van der Waals surface area contributed by atoms with Crippen LogP contribution < -0.4 is 9.64 Å². The maximum absolute atomic E-state index is 13.2.